The zero-order valence-corrected chi connectivity index (χ0v) is 13.9. The van der Waals surface area contributed by atoms with E-state index in [0.717, 1.165) is 5.39 Å². The Morgan fingerprint density at radius 1 is 1.33 bits per heavy atom. The number of rotatable bonds is 6. The molecule has 0 aliphatic heterocycles. The molecule has 0 aliphatic rings. The second-order valence-corrected chi connectivity index (χ2v) is 5.90. The molecule has 126 valence electrons. The molecular formula is C17H20N4O3. The van der Waals surface area contributed by atoms with E-state index in [2.05, 4.69) is 15.5 Å². The molecule has 24 heavy (non-hydrogen) atoms. The van der Waals surface area contributed by atoms with Gasteiger partial charge in [-0.05, 0) is 18.1 Å². The Morgan fingerprint density at radius 3 is 2.75 bits per heavy atom. The molecule has 7 nitrogen and oxygen atoms in total. The Labute approximate surface area is 139 Å². The van der Waals surface area contributed by atoms with Crippen LogP contribution in [-0.2, 0) is 6.54 Å². The highest BCUT2D eigenvalue weighted by atomic mass is 16.5. The zero-order chi connectivity index (χ0) is 17.1. The van der Waals surface area contributed by atoms with Gasteiger partial charge in [-0.25, -0.2) is 0 Å². The third-order valence-corrected chi connectivity index (χ3v) is 3.90. The van der Waals surface area contributed by atoms with Crippen LogP contribution in [0.4, 0.5) is 0 Å². The van der Waals surface area contributed by atoms with Gasteiger partial charge in [-0.1, -0.05) is 26.0 Å². The van der Waals surface area contributed by atoms with Crippen molar-refractivity contribution in [3.63, 3.8) is 0 Å². The standard InChI is InChI=1S/C17H20N4O3/c1-11(2)13(10-21-18-7-8-19-21)20-17(22)15-9-12-5-4-6-14(23-3)16(12)24-15/h4-9,11,13H,10H2,1-3H3,(H,20,22)/t13-/m0/s1. The molecule has 0 unspecified atom stereocenters. The Morgan fingerprint density at radius 2 is 2.08 bits per heavy atom. The number of fused-ring (bicyclic) bond motifs is 1. The van der Waals surface area contributed by atoms with E-state index in [1.54, 1.807) is 36.4 Å². The van der Waals surface area contributed by atoms with Crippen LogP contribution in [0, 0.1) is 5.92 Å². The van der Waals surface area contributed by atoms with Gasteiger partial charge in [0, 0.05) is 5.39 Å². The van der Waals surface area contributed by atoms with Crippen molar-refractivity contribution in [2.75, 3.05) is 7.11 Å². The third-order valence-electron chi connectivity index (χ3n) is 3.90. The lowest BCUT2D eigenvalue weighted by atomic mass is 10.0. The highest BCUT2D eigenvalue weighted by Crippen LogP contribution is 2.28. The number of hydrogen-bond donors (Lipinski definition) is 1. The summed E-state index contributed by atoms with van der Waals surface area (Å²) < 4.78 is 11.0. The molecule has 7 heteroatoms. The third kappa shape index (κ3) is 3.24. The summed E-state index contributed by atoms with van der Waals surface area (Å²) >= 11 is 0. The van der Waals surface area contributed by atoms with E-state index in [1.165, 1.54) is 0 Å². The Hall–Kier alpha value is -2.83. The minimum atomic E-state index is -0.265. The number of ether oxygens (including phenoxy) is 1. The predicted molar refractivity (Wildman–Crippen MR) is 88.9 cm³/mol. The monoisotopic (exact) mass is 328 g/mol. The highest BCUT2D eigenvalue weighted by Gasteiger charge is 2.21. The molecule has 0 bridgehead atoms. The summed E-state index contributed by atoms with van der Waals surface area (Å²) in [5.74, 6) is 0.819. The first-order valence-corrected chi connectivity index (χ1v) is 7.80. The summed E-state index contributed by atoms with van der Waals surface area (Å²) in [6.07, 6.45) is 3.23. The van der Waals surface area contributed by atoms with Gasteiger partial charge in [-0.15, -0.1) is 0 Å². The van der Waals surface area contributed by atoms with Crippen molar-refractivity contribution in [1.29, 1.82) is 0 Å². The van der Waals surface area contributed by atoms with Crippen molar-refractivity contribution in [3.8, 4) is 5.75 Å². The average Bonchev–Trinajstić information content (AvgIpc) is 3.22. The lowest BCUT2D eigenvalue weighted by Gasteiger charge is -2.21. The average molecular weight is 328 g/mol. The molecule has 0 saturated carbocycles. The fourth-order valence-corrected chi connectivity index (χ4v) is 2.49. The summed E-state index contributed by atoms with van der Waals surface area (Å²) in [5, 5.41) is 12.0. The number of furan rings is 1. The predicted octanol–water partition coefficient (Wildman–Crippen LogP) is 2.49. The molecule has 0 spiro atoms. The molecule has 0 fully saturated rings. The van der Waals surface area contributed by atoms with Crippen LogP contribution >= 0.6 is 0 Å². The highest BCUT2D eigenvalue weighted by molar-refractivity contribution is 5.97. The molecular weight excluding hydrogens is 308 g/mol. The lowest BCUT2D eigenvalue weighted by Crippen LogP contribution is -2.41. The second kappa shape index (κ2) is 6.74. The minimum absolute atomic E-state index is 0.111. The van der Waals surface area contributed by atoms with Crippen LogP contribution in [0.1, 0.15) is 24.4 Å². The van der Waals surface area contributed by atoms with Gasteiger partial charge >= 0.3 is 0 Å². The Kier molecular flexibility index (Phi) is 4.50. The number of hydrogen-bond acceptors (Lipinski definition) is 5. The van der Waals surface area contributed by atoms with Gasteiger partial charge < -0.3 is 14.5 Å². The number of aromatic nitrogens is 3. The van der Waals surface area contributed by atoms with E-state index >= 15 is 0 Å². The van der Waals surface area contributed by atoms with Crippen LogP contribution in [0.3, 0.4) is 0 Å². The van der Waals surface area contributed by atoms with E-state index in [0.29, 0.717) is 17.9 Å². The van der Waals surface area contributed by atoms with Crippen LogP contribution in [0.25, 0.3) is 11.0 Å². The molecule has 2 heterocycles. The zero-order valence-electron chi connectivity index (χ0n) is 13.9. The lowest BCUT2D eigenvalue weighted by molar-refractivity contribution is 0.0891. The van der Waals surface area contributed by atoms with Crippen molar-refractivity contribution >= 4 is 16.9 Å². The van der Waals surface area contributed by atoms with Gasteiger partial charge in [-0.2, -0.15) is 15.0 Å². The maximum Gasteiger partial charge on any atom is 0.287 e. The first kappa shape index (κ1) is 16.0. The van der Waals surface area contributed by atoms with Crippen molar-refractivity contribution in [1.82, 2.24) is 20.3 Å². The van der Waals surface area contributed by atoms with Crippen LogP contribution in [0.5, 0.6) is 5.75 Å². The second-order valence-electron chi connectivity index (χ2n) is 5.90. The largest absolute Gasteiger partial charge is 0.493 e. The van der Waals surface area contributed by atoms with Crippen molar-refractivity contribution < 1.29 is 13.9 Å². The number of carbonyl (C=O) groups excluding carboxylic acids is 1. The Balaban J connectivity index is 1.80. The van der Waals surface area contributed by atoms with Crippen molar-refractivity contribution in [3.05, 3.63) is 42.4 Å². The van der Waals surface area contributed by atoms with Gasteiger partial charge in [0.1, 0.15) is 0 Å². The molecule has 1 amide bonds. The number of carbonyl (C=O) groups is 1. The van der Waals surface area contributed by atoms with Gasteiger partial charge in [-0.3, -0.25) is 4.79 Å². The maximum atomic E-state index is 12.6. The maximum absolute atomic E-state index is 12.6. The first-order chi connectivity index (χ1) is 11.6. The van der Waals surface area contributed by atoms with Crippen LogP contribution in [0.15, 0.2) is 41.1 Å². The Bertz CT molecular complexity index is 824. The topological polar surface area (TPSA) is 82.2 Å². The number of amides is 1. The summed E-state index contributed by atoms with van der Waals surface area (Å²) in [5.41, 5.74) is 0.569. The van der Waals surface area contributed by atoms with Gasteiger partial charge in [0.25, 0.3) is 5.91 Å². The van der Waals surface area contributed by atoms with Crippen LogP contribution < -0.4 is 10.1 Å². The number of para-hydroxylation sites is 1. The quantitative estimate of drug-likeness (QED) is 0.752. The molecule has 3 aromatic rings. The van der Waals surface area contributed by atoms with Gasteiger partial charge in [0.05, 0.1) is 32.1 Å². The molecule has 2 aromatic heterocycles. The first-order valence-electron chi connectivity index (χ1n) is 7.80. The molecule has 1 atom stereocenters. The smallest absolute Gasteiger partial charge is 0.287 e. The van der Waals surface area contributed by atoms with Crippen LogP contribution in [0.2, 0.25) is 0 Å². The number of nitrogens with one attached hydrogen (secondary N) is 1. The van der Waals surface area contributed by atoms with Gasteiger partial charge in [0.15, 0.2) is 17.1 Å². The molecule has 0 aliphatic carbocycles. The summed E-state index contributed by atoms with van der Waals surface area (Å²) in [6, 6.07) is 7.15. The van der Waals surface area contributed by atoms with E-state index in [-0.39, 0.29) is 23.6 Å². The van der Waals surface area contributed by atoms with E-state index in [4.69, 9.17) is 9.15 Å². The minimum Gasteiger partial charge on any atom is -0.493 e. The molecule has 3 rings (SSSR count). The van der Waals surface area contributed by atoms with Crippen molar-refractivity contribution in [2.45, 2.75) is 26.4 Å². The SMILES string of the molecule is COc1cccc2cc(C(=O)N[C@@H](Cn3nccn3)C(C)C)oc12. The number of benzene rings is 1. The summed E-state index contributed by atoms with van der Waals surface area (Å²) in [4.78, 5) is 14.1. The summed E-state index contributed by atoms with van der Waals surface area (Å²) in [7, 11) is 1.57. The van der Waals surface area contributed by atoms with Crippen LogP contribution in [-0.4, -0.2) is 34.1 Å². The van der Waals surface area contributed by atoms with E-state index in [9.17, 15) is 4.79 Å². The number of methoxy groups -OCH3 is 1. The fourth-order valence-electron chi connectivity index (χ4n) is 2.49. The molecule has 0 saturated heterocycles. The fraction of sp³-hybridized carbons (Fsp3) is 0.353. The normalized spacial score (nSPS) is 12.5. The molecule has 1 N–H and O–H groups in total. The molecule has 0 radical (unpaired) electrons. The van der Waals surface area contributed by atoms with E-state index < -0.39 is 0 Å². The van der Waals surface area contributed by atoms with Gasteiger partial charge in [0.2, 0.25) is 0 Å². The molecule has 1 aromatic carbocycles. The summed E-state index contributed by atoms with van der Waals surface area (Å²) in [6.45, 7) is 4.58. The van der Waals surface area contributed by atoms with E-state index in [1.807, 2.05) is 26.0 Å². The van der Waals surface area contributed by atoms with Crippen molar-refractivity contribution in [2.24, 2.45) is 5.92 Å². The number of nitrogens with zero attached hydrogens (tertiary/aromatic N) is 3.